The summed E-state index contributed by atoms with van der Waals surface area (Å²) in [6.07, 6.45) is 1.97. The molecule has 0 radical (unpaired) electrons. The number of esters is 1. The van der Waals surface area contributed by atoms with Crippen LogP contribution in [0.1, 0.15) is 55.1 Å². The molecule has 2 saturated carbocycles. The van der Waals surface area contributed by atoms with E-state index in [-0.39, 0.29) is 44.2 Å². The molecule has 3 aliphatic heterocycles. The number of rotatable bonds is 0. The molecule has 3 heterocycles. The Morgan fingerprint density at radius 1 is 1.17 bits per heavy atom. The third kappa shape index (κ3) is 2.03. The minimum Gasteiger partial charge on any atom is -0.431 e. The van der Waals surface area contributed by atoms with E-state index in [0.29, 0.717) is 18.6 Å². The Balaban J connectivity index is 1.43. The number of allylic oxidation sites excluding steroid dienone is 2. The van der Waals surface area contributed by atoms with Crippen LogP contribution in [-0.2, 0) is 33.3 Å². The second kappa shape index (κ2) is 5.69. The molecule has 0 amide bonds. The predicted molar refractivity (Wildman–Crippen MR) is 98.0 cm³/mol. The minimum atomic E-state index is -1.31. The van der Waals surface area contributed by atoms with Crippen molar-refractivity contribution in [2.45, 2.75) is 63.7 Å². The van der Waals surface area contributed by atoms with E-state index in [9.17, 15) is 9.59 Å². The number of fused-ring (bicyclic) bond motifs is 7. The van der Waals surface area contributed by atoms with Crippen LogP contribution in [-0.4, -0.2) is 43.3 Å². The summed E-state index contributed by atoms with van der Waals surface area (Å²) in [7, 11) is 0. The van der Waals surface area contributed by atoms with Gasteiger partial charge in [-0.1, -0.05) is 13.8 Å². The molecule has 0 bridgehead atoms. The number of ketones is 1. The first-order valence-corrected chi connectivity index (χ1v) is 10.5. The molecule has 0 N–H and O–H groups in total. The average Bonchev–Trinajstić information content (AvgIpc) is 3.42. The smallest absolute Gasteiger partial charge is 0.310 e. The Morgan fingerprint density at radius 3 is 2.79 bits per heavy atom. The van der Waals surface area contributed by atoms with E-state index < -0.39 is 46.9 Å². The summed E-state index contributed by atoms with van der Waals surface area (Å²) in [6.45, 7) is 4.49. The van der Waals surface area contributed by atoms with Gasteiger partial charge in [0.25, 0.3) is 0 Å². The van der Waals surface area contributed by atoms with E-state index in [1.807, 2.05) is 13.0 Å². The van der Waals surface area contributed by atoms with Crippen molar-refractivity contribution in [3.8, 4) is 0 Å². The molecule has 9 atom stereocenters. The Bertz CT molecular complexity index is 880. The van der Waals surface area contributed by atoms with Gasteiger partial charge in [-0.2, -0.15) is 0 Å². The van der Waals surface area contributed by atoms with Gasteiger partial charge in [-0.05, 0) is 43.6 Å². The van der Waals surface area contributed by atoms with Gasteiger partial charge in [0.1, 0.15) is 23.8 Å². The van der Waals surface area contributed by atoms with Crippen LogP contribution in [0.5, 0.6) is 0 Å². The van der Waals surface area contributed by atoms with Crippen LogP contribution in [0, 0.1) is 28.6 Å². The summed E-state index contributed by atoms with van der Waals surface area (Å²) in [5.41, 5.74) is -2.24. The predicted octanol–water partition coefficient (Wildman–Crippen LogP) is 2.68. The van der Waals surface area contributed by atoms with Gasteiger partial charge in [0.15, 0.2) is 13.6 Å². The van der Waals surface area contributed by atoms with E-state index in [1.165, 1.54) is 0 Å². The Morgan fingerprint density at radius 2 is 2.00 bits per heavy atom. The van der Waals surface area contributed by atoms with Crippen molar-refractivity contribution in [2.24, 2.45) is 28.6 Å². The molecule has 6 rings (SSSR count). The molecule has 0 aromatic heterocycles. The average molecular weight is 406 g/mol. The quantitative estimate of drug-likeness (QED) is 0.572. The standard InChI is InChI=1S/C22H28O7/c1-19-7-6-17(24)29-16(19)4-3-13-14-5-8-21(20(14,2)9-15(23)18(13)19)22(28-12-26-21)10-25-11-27-22/h4,13-14,18H,3,5-12H2,1-2H3/t13-,14-,18+,19-,20-,21+,22+/m0/s1/i6D,7D/t6?,7-,13-,14-,18+,19-,20-,21+,22+. The van der Waals surface area contributed by atoms with Gasteiger partial charge in [-0.3, -0.25) is 9.59 Å². The Hall–Kier alpha value is -1.28. The molecule has 5 fully saturated rings. The topological polar surface area (TPSA) is 80.3 Å². The molecular weight excluding hydrogens is 376 g/mol. The monoisotopic (exact) mass is 406 g/mol. The molecule has 6 aliphatic rings. The fraction of sp³-hybridized carbons (Fsp3) is 0.818. The van der Waals surface area contributed by atoms with Gasteiger partial charge < -0.3 is 23.7 Å². The first kappa shape index (κ1) is 16.4. The number of hydrogen-bond donors (Lipinski definition) is 0. The summed E-state index contributed by atoms with van der Waals surface area (Å²) in [5.74, 6) is -1.56. The molecule has 1 unspecified atom stereocenters. The van der Waals surface area contributed by atoms with Gasteiger partial charge in [-0.15, -0.1) is 0 Å². The van der Waals surface area contributed by atoms with E-state index in [4.69, 9.17) is 26.4 Å². The number of hydrogen-bond acceptors (Lipinski definition) is 7. The molecule has 7 nitrogen and oxygen atoms in total. The highest BCUT2D eigenvalue weighted by Gasteiger charge is 2.76. The van der Waals surface area contributed by atoms with Crippen LogP contribution in [0.3, 0.4) is 0 Å². The molecule has 0 aromatic carbocycles. The van der Waals surface area contributed by atoms with Crippen molar-refractivity contribution in [3.63, 3.8) is 0 Å². The van der Waals surface area contributed by atoms with Crippen LogP contribution < -0.4 is 0 Å². The highest BCUT2D eigenvalue weighted by Crippen LogP contribution is 2.70. The van der Waals surface area contributed by atoms with Gasteiger partial charge in [-0.25, -0.2) is 0 Å². The zero-order valence-electron chi connectivity index (χ0n) is 18.8. The second-order valence-electron chi connectivity index (χ2n) is 9.79. The number of carbonyl (C=O) groups is 2. The molecule has 0 aromatic rings. The number of ether oxygens (including phenoxy) is 5. The maximum Gasteiger partial charge on any atom is 0.310 e. The zero-order chi connectivity index (χ0) is 21.8. The van der Waals surface area contributed by atoms with Gasteiger partial charge in [0, 0.05) is 32.3 Å². The van der Waals surface area contributed by atoms with Crippen molar-refractivity contribution in [1.82, 2.24) is 0 Å². The Kier molecular flexibility index (Phi) is 3.22. The first-order chi connectivity index (χ1) is 14.7. The highest BCUT2D eigenvalue weighted by atomic mass is 16.9. The lowest BCUT2D eigenvalue weighted by molar-refractivity contribution is -0.246. The van der Waals surface area contributed by atoms with Crippen LogP contribution in [0.15, 0.2) is 11.8 Å². The van der Waals surface area contributed by atoms with Crippen molar-refractivity contribution >= 4 is 11.8 Å². The molecule has 7 heteroatoms. The maximum atomic E-state index is 13.8. The van der Waals surface area contributed by atoms with Gasteiger partial charge in [0.2, 0.25) is 5.79 Å². The molecule has 3 aliphatic carbocycles. The van der Waals surface area contributed by atoms with Crippen LogP contribution in [0.2, 0.25) is 0 Å². The van der Waals surface area contributed by atoms with E-state index >= 15 is 0 Å². The molecule has 29 heavy (non-hydrogen) atoms. The Labute approximate surface area is 172 Å². The summed E-state index contributed by atoms with van der Waals surface area (Å²) in [6, 6.07) is 0. The minimum absolute atomic E-state index is 0.0141. The lowest BCUT2D eigenvalue weighted by Crippen LogP contribution is -2.65. The molecule has 158 valence electrons. The third-order valence-electron chi connectivity index (χ3n) is 8.79. The van der Waals surface area contributed by atoms with E-state index in [2.05, 4.69) is 6.92 Å². The highest BCUT2D eigenvalue weighted by molar-refractivity contribution is 5.86. The van der Waals surface area contributed by atoms with Gasteiger partial charge in [0.05, 0.1) is 0 Å². The largest absolute Gasteiger partial charge is 0.431 e. The maximum absolute atomic E-state index is 13.8. The van der Waals surface area contributed by atoms with E-state index in [1.54, 1.807) is 0 Å². The first-order valence-electron chi connectivity index (χ1n) is 11.6. The van der Waals surface area contributed by atoms with Crippen LogP contribution in [0.25, 0.3) is 0 Å². The molecule has 3 saturated heterocycles. The lowest BCUT2D eigenvalue weighted by atomic mass is 9.48. The molecular formula is C22H28O7. The van der Waals surface area contributed by atoms with Crippen molar-refractivity contribution in [2.75, 3.05) is 20.2 Å². The van der Waals surface area contributed by atoms with Crippen molar-refractivity contribution in [3.05, 3.63) is 11.8 Å². The van der Waals surface area contributed by atoms with Crippen LogP contribution >= 0.6 is 0 Å². The third-order valence-corrected chi connectivity index (χ3v) is 8.79. The fourth-order valence-electron chi connectivity index (χ4n) is 7.57. The van der Waals surface area contributed by atoms with Crippen LogP contribution in [0.4, 0.5) is 0 Å². The fourth-order valence-corrected chi connectivity index (χ4v) is 7.57. The van der Waals surface area contributed by atoms with Crippen molar-refractivity contribution < 1.29 is 36.0 Å². The van der Waals surface area contributed by atoms with Crippen molar-refractivity contribution in [1.29, 1.82) is 0 Å². The summed E-state index contributed by atoms with van der Waals surface area (Å²) in [4.78, 5) is 25.9. The number of carbonyl (C=O) groups excluding carboxylic acids is 2. The summed E-state index contributed by atoms with van der Waals surface area (Å²) < 4.78 is 46.1. The van der Waals surface area contributed by atoms with E-state index in [0.717, 1.165) is 6.42 Å². The molecule has 2 spiro atoms. The number of Topliss-reactive ketones (excluding diaryl/α,β-unsaturated/α-hetero) is 1. The summed E-state index contributed by atoms with van der Waals surface area (Å²) >= 11 is 0. The lowest BCUT2D eigenvalue weighted by Gasteiger charge is -2.57. The normalized spacial score (nSPS) is 59.7. The summed E-state index contributed by atoms with van der Waals surface area (Å²) in [5, 5.41) is 0. The SMILES string of the molecule is [2H]C1C(=O)OC2=CC[C@@H]3[C@H](C(=O)C[C@@]4(C)[C@H]3CC[C@@]43OCO[C@]34COCO4)[C@@]2(C)[C@H]1[2H]. The van der Waals surface area contributed by atoms with Gasteiger partial charge >= 0.3 is 5.97 Å². The second-order valence-corrected chi connectivity index (χ2v) is 9.79. The zero-order valence-corrected chi connectivity index (χ0v) is 16.8.